The molecule has 0 amide bonds. The topological polar surface area (TPSA) is 15.7 Å². The largest absolute Gasteiger partial charge is 0.358 e. The molecule has 0 spiro atoms. The molecule has 1 heterocycles. The third-order valence-corrected chi connectivity index (χ3v) is 3.38. The summed E-state index contributed by atoms with van der Waals surface area (Å²) in [5, 5.41) is 0. The minimum atomic E-state index is -0.0626. The predicted molar refractivity (Wildman–Crippen MR) is 68.6 cm³/mol. The van der Waals surface area contributed by atoms with Crippen LogP contribution in [0.1, 0.15) is 41.5 Å². The van der Waals surface area contributed by atoms with Gasteiger partial charge in [-0.05, 0) is 48.6 Å². The van der Waals surface area contributed by atoms with Crippen molar-refractivity contribution in [1.29, 1.82) is 0 Å². The lowest BCUT2D eigenvalue weighted by Gasteiger charge is -2.47. The third-order valence-electron chi connectivity index (χ3n) is 3.38. The lowest BCUT2D eigenvalue weighted by molar-refractivity contribution is -0.144. The van der Waals surface area contributed by atoms with Crippen molar-refractivity contribution in [2.45, 2.75) is 58.9 Å². The molecule has 3 heteroatoms. The molecular formula is C13H28N2O. The lowest BCUT2D eigenvalue weighted by atomic mass is 9.99. The summed E-state index contributed by atoms with van der Waals surface area (Å²) < 4.78 is 6.01. The van der Waals surface area contributed by atoms with E-state index in [2.05, 4.69) is 58.4 Å². The summed E-state index contributed by atoms with van der Waals surface area (Å²) in [5.74, 6) is 0. The summed E-state index contributed by atoms with van der Waals surface area (Å²) in [6, 6.07) is 0. The van der Waals surface area contributed by atoms with E-state index in [0.717, 1.165) is 19.6 Å². The maximum Gasteiger partial charge on any atom is 0.108 e. The molecule has 0 aromatic heterocycles. The van der Waals surface area contributed by atoms with Gasteiger partial charge in [-0.25, -0.2) is 0 Å². The highest BCUT2D eigenvalue weighted by molar-refractivity contribution is 4.88. The van der Waals surface area contributed by atoms with E-state index in [1.165, 1.54) is 0 Å². The maximum atomic E-state index is 6.01. The molecule has 1 rings (SSSR count). The van der Waals surface area contributed by atoms with Crippen LogP contribution in [-0.2, 0) is 4.74 Å². The zero-order valence-electron chi connectivity index (χ0n) is 12.0. The van der Waals surface area contributed by atoms with Crippen molar-refractivity contribution >= 4 is 0 Å². The summed E-state index contributed by atoms with van der Waals surface area (Å²) in [7, 11) is 2.20. The smallest absolute Gasteiger partial charge is 0.108 e. The third kappa shape index (κ3) is 3.72. The van der Waals surface area contributed by atoms with Gasteiger partial charge in [0.05, 0.1) is 5.60 Å². The Labute approximate surface area is 101 Å². The van der Waals surface area contributed by atoms with Crippen LogP contribution in [-0.4, -0.2) is 53.8 Å². The van der Waals surface area contributed by atoms with Crippen LogP contribution in [0, 0.1) is 0 Å². The number of hydrogen-bond donors (Lipinski definition) is 0. The van der Waals surface area contributed by atoms with Crippen LogP contribution in [0.5, 0.6) is 0 Å². The van der Waals surface area contributed by atoms with Crippen molar-refractivity contribution in [3.63, 3.8) is 0 Å². The van der Waals surface area contributed by atoms with Crippen LogP contribution in [0.15, 0.2) is 0 Å². The van der Waals surface area contributed by atoms with Gasteiger partial charge in [-0.2, -0.15) is 0 Å². The molecule has 1 aliphatic heterocycles. The van der Waals surface area contributed by atoms with Gasteiger partial charge in [-0.1, -0.05) is 0 Å². The lowest BCUT2D eigenvalue weighted by Crippen LogP contribution is -2.60. The molecule has 1 unspecified atom stereocenters. The van der Waals surface area contributed by atoms with E-state index in [1.54, 1.807) is 0 Å². The van der Waals surface area contributed by atoms with Crippen molar-refractivity contribution in [2.24, 2.45) is 0 Å². The van der Waals surface area contributed by atoms with E-state index in [1.807, 2.05) is 0 Å². The summed E-state index contributed by atoms with van der Waals surface area (Å²) >= 11 is 0. The van der Waals surface area contributed by atoms with Crippen LogP contribution in [0.25, 0.3) is 0 Å². The minimum absolute atomic E-state index is 0.0626. The Kier molecular flexibility index (Phi) is 4.04. The fourth-order valence-corrected chi connectivity index (χ4v) is 2.17. The Balaban J connectivity index is 2.56. The van der Waals surface area contributed by atoms with Gasteiger partial charge < -0.3 is 4.74 Å². The second-order valence-corrected chi connectivity index (χ2v) is 6.53. The van der Waals surface area contributed by atoms with Crippen LogP contribution in [0.3, 0.4) is 0 Å². The highest BCUT2D eigenvalue weighted by atomic mass is 16.5. The van der Waals surface area contributed by atoms with Crippen molar-refractivity contribution in [3.8, 4) is 0 Å². The Hall–Kier alpha value is -0.120. The second-order valence-electron chi connectivity index (χ2n) is 6.53. The van der Waals surface area contributed by atoms with E-state index in [9.17, 15) is 0 Å². The highest BCUT2D eigenvalue weighted by Crippen LogP contribution is 2.22. The fraction of sp³-hybridized carbons (Fsp3) is 1.00. The number of ether oxygens (including phenoxy) is 1. The van der Waals surface area contributed by atoms with Gasteiger partial charge in [0.15, 0.2) is 0 Å². The van der Waals surface area contributed by atoms with Gasteiger partial charge in [0.2, 0.25) is 0 Å². The fourth-order valence-electron chi connectivity index (χ4n) is 2.17. The molecule has 0 radical (unpaired) electrons. The van der Waals surface area contributed by atoms with Gasteiger partial charge in [0.1, 0.15) is 6.23 Å². The molecule has 96 valence electrons. The van der Waals surface area contributed by atoms with Crippen molar-refractivity contribution < 1.29 is 4.74 Å². The first kappa shape index (κ1) is 13.9. The molecule has 1 atom stereocenters. The molecule has 16 heavy (non-hydrogen) atoms. The number of likely N-dealkylation sites (N-methyl/N-ethyl adjacent to an activating group) is 1. The monoisotopic (exact) mass is 228 g/mol. The van der Waals surface area contributed by atoms with E-state index < -0.39 is 0 Å². The zero-order valence-corrected chi connectivity index (χ0v) is 12.0. The summed E-state index contributed by atoms with van der Waals surface area (Å²) in [6.07, 6.45) is 0.202. The summed E-state index contributed by atoms with van der Waals surface area (Å²) in [4.78, 5) is 4.86. The van der Waals surface area contributed by atoms with Gasteiger partial charge in [0.25, 0.3) is 0 Å². The molecule has 1 aliphatic rings. The number of hydrogen-bond acceptors (Lipinski definition) is 3. The van der Waals surface area contributed by atoms with Gasteiger partial charge >= 0.3 is 0 Å². The first-order valence-corrected chi connectivity index (χ1v) is 6.25. The number of nitrogens with zero attached hydrogens (tertiary/aromatic N) is 2. The van der Waals surface area contributed by atoms with Crippen LogP contribution in [0.2, 0.25) is 0 Å². The van der Waals surface area contributed by atoms with Crippen molar-refractivity contribution in [3.05, 3.63) is 0 Å². The van der Waals surface area contributed by atoms with E-state index >= 15 is 0 Å². The van der Waals surface area contributed by atoms with Crippen LogP contribution >= 0.6 is 0 Å². The van der Waals surface area contributed by atoms with E-state index in [4.69, 9.17) is 4.74 Å². The molecule has 1 saturated heterocycles. The Morgan fingerprint density at radius 1 is 1.19 bits per heavy atom. The Morgan fingerprint density at radius 3 is 2.19 bits per heavy atom. The molecule has 0 aromatic carbocycles. The minimum Gasteiger partial charge on any atom is -0.358 e. The molecule has 3 nitrogen and oxygen atoms in total. The average molecular weight is 228 g/mol. The van der Waals surface area contributed by atoms with Crippen LogP contribution in [0.4, 0.5) is 0 Å². The quantitative estimate of drug-likeness (QED) is 0.720. The van der Waals surface area contributed by atoms with Crippen molar-refractivity contribution in [1.82, 2.24) is 9.80 Å². The first-order valence-electron chi connectivity index (χ1n) is 6.25. The molecule has 0 aliphatic carbocycles. The first-order chi connectivity index (χ1) is 7.12. The van der Waals surface area contributed by atoms with Crippen molar-refractivity contribution in [2.75, 3.05) is 26.7 Å². The van der Waals surface area contributed by atoms with Crippen LogP contribution < -0.4 is 0 Å². The molecule has 0 aromatic rings. The molecule has 1 fully saturated rings. The summed E-state index contributed by atoms with van der Waals surface area (Å²) in [5.41, 5.74) is 0.181. The van der Waals surface area contributed by atoms with Gasteiger partial charge in [-0.3, -0.25) is 9.80 Å². The molecule has 0 N–H and O–H groups in total. The summed E-state index contributed by atoms with van der Waals surface area (Å²) in [6.45, 7) is 16.4. The predicted octanol–water partition coefficient (Wildman–Crippen LogP) is 2.17. The molecule has 0 bridgehead atoms. The normalized spacial score (nSPS) is 25.7. The highest BCUT2D eigenvalue weighted by Gasteiger charge is 2.34. The van der Waals surface area contributed by atoms with Gasteiger partial charge in [0, 0.05) is 25.2 Å². The van der Waals surface area contributed by atoms with E-state index in [-0.39, 0.29) is 17.4 Å². The number of rotatable bonds is 2. The van der Waals surface area contributed by atoms with Gasteiger partial charge in [-0.15, -0.1) is 0 Å². The standard InChI is InChI=1S/C13H28N2O/c1-11(16-12(2,3)4)15-9-8-14(7)13(5,6)10-15/h11H,8-10H2,1-7H3. The Morgan fingerprint density at radius 2 is 1.75 bits per heavy atom. The number of piperazine rings is 1. The SMILES string of the molecule is CC(OC(C)(C)C)N1CCN(C)C(C)(C)C1. The Bertz CT molecular complexity index is 233. The average Bonchev–Trinajstić information content (AvgIpc) is 2.06. The molecular weight excluding hydrogens is 200 g/mol. The zero-order chi connectivity index (χ0) is 12.6. The van der Waals surface area contributed by atoms with E-state index in [0.29, 0.717) is 0 Å². The molecule has 0 saturated carbocycles. The maximum absolute atomic E-state index is 6.01. The second kappa shape index (κ2) is 4.63.